The molecular formula is C36H52N2O4. The molecule has 2 aliphatic carbocycles. The van der Waals surface area contributed by atoms with Gasteiger partial charge in [0.05, 0.1) is 12.5 Å². The molecule has 1 fully saturated rings. The second kappa shape index (κ2) is 12.4. The molecule has 6 heteroatoms. The second-order valence-corrected chi connectivity index (χ2v) is 14.5. The number of benzene rings is 2. The van der Waals surface area contributed by atoms with Gasteiger partial charge >= 0.3 is 12.1 Å². The lowest BCUT2D eigenvalue weighted by atomic mass is 9.50. The Labute approximate surface area is 253 Å². The number of nitrogens with two attached hydrogens (primary N) is 1. The first-order chi connectivity index (χ1) is 19.7. The van der Waals surface area contributed by atoms with Gasteiger partial charge in [-0.3, -0.25) is 4.79 Å². The maximum atomic E-state index is 12.3. The lowest BCUT2D eigenvalue weighted by Crippen LogP contribution is -2.51. The number of rotatable bonds is 4. The number of aryl methyl sites for hydroxylation is 1. The zero-order chi connectivity index (χ0) is 30.9. The number of carbonyl (C=O) groups excluding carboxylic acids is 1. The summed E-state index contributed by atoms with van der Waals surface area (Å²) >= 11 is 0. The molecule has 2 aromatic carbocycles. The van der Waals surface area contributed by atoms with Crippen LogP contribution in [0.1, 0.15) is 120 Å². The molecule has 0 spiro atoms. The van der Waals surface area contributed by atoms with E-state index >= 15 is 0 Å². The molecule has 3 N–H and O–H groups in total. The van der Waals surface area contributed by atoms with Crippen molar-refractivity contribution >= 4 is 12.1 Å². The Morgan fingerprint density at radius 2 is 1.79 bits per heavy atom. The molecular weight excluding hydrogens is 524 g/mol. The van der Waals surface area contributed by atoms with E-state index in [4.69, 9.17) is 15.6 Å². The monoisotopic (exact) mass is 576 g/mol. The van der Waals surface area contributed by atoms with Crippen LogP contribution in [0.25, 0.3) is 0 Å². The molecule has 3 aliphatic rings. The van der Waals surface area contributed by atoms with Crippen LogP contribution >= 0.6 is 0 Å². The van der Waals surface area contributed by atoms with Crippen molar-refractivity contribution in [3.63, 3.8) is 0 Å². The molecule has 4 atom stereocenters. The van der Waals surface area contributed by atoms with Gasteiger partial charge in [0.1, 0.15) is 5.60 Å². The van der Waals surface area contributed by atoms with Crippen LogP contribution < -0.4 is 5.73 Å². The van der Waals surface area contributed by atoms with Gasteiger partial charge in [0.25, 0.3) is 0 Å². The minimum absolute atomic E-state index is 0.115. The number of amides is 1. The normalized spacial score (nSPS) is 26.7. The Hall–Kier alpha value is -2.86. The van der Waals surface area contributed by atoms with Crippen LogP contribution in [0.3, 0.4) is 0 Å². The van der Waals surface area contributed by atoms with E-state index in [1.807, 2.05) is 24.3 Å². The number of carbonyl (C=O) groups is 2. The van der Waals surface area contributed by atoms with Gasteiger partial charge in [0.2, 0.25) is 0 Å². The SMILES string of the molecule is CC(C)(C)OC(=O)N1CCc2ccccc2C1CC(=O)O.CC(C)c1ccc2c(c1)CC[C@H]1[C@](C)(CN)CCC[C@]21C. The minimum atomic E-state index is -0.926. The standard InChI is InChI=1S/C20H31N.C16H21NO4/c1-14(2)15-6-8-17-16(12-15)7-9-18-19(3,13-21)10-5-11-20(17,18)4;1-16(2,3)21-15(20)17-9-8-11-6-4-5-7-12(11)13(17)10-14(18)19/h6,8,12,14,18H,5,7,9-11,13,21H2,1-4H3;4-7,13H,8-10H2,1-3H3,(H,18,19)/t18-,19-,20+;/m0./s1. The van der Waals surface area contributed by atoms with Crippen LogP contribution in [0.2, 0.25) is 0 Å². The number of aliphatic carboxylic acids is 1. The molecule has 230 valence electrons. The number of carboxylic acid groups (broad SMARTS) is 1. The molecule has 0 radical (unpaired) electrons. The second-order valence-electron chi connectivity index (χ2n) is 14.5. The Bertz CT molecular complexity index is 1280. The van der Waals surface area contributed by atoms with Gasteiger partial charge < -0.3 is 20.5 Å². The van der Waals surface area contributed by atoms with E-state index in [0.29, 0.717) is 29.7 Å². The topological polar surface area (TPSA) is 92.9 Å². The zero-order valence-corrected chi connectivity index (χ0v) is 26.8. The van der Waals surface area contributed by atoms with Crippen molar-refractivity contribution in [1.29, 1.82) is 0 Å². The molecule has 6 nitrogen and oxygen atoms in total. The maximum absolute atomic E-state index is 12.3. The van der Waals surface area contributed by atoms with Crippen LogP contribution in [-0.2, 0) is 27.8 Å². The molecule has 5 rings (SSSR count). The Morgan fingerprint density at radius 1 is 1.07 bits per heavy atom. The highest BCUT2D eigenvalue weighted by atomic mass is 16.6. The Kier molecular flexibility index (Phi) is 9.46. The van der Waals surface area contributed by atoms with Crippen LogP contribution in [0, 0.1) is 11.3 Å². The fourth-order valence-corrected chi connectivity index (χ4v) is 7.82. The molecule has 1 unspecified atom stereocenters. The van der Waals surface area contributed by atoms with Gasteiger partial charge in [-0.15, -0.1) is 0 Å². The number of fused-ring (bicyclic) bond motifs is 4. The summed E-state index contributed by atoms with van der Waals surface area (Å²) in [7, 11) is 0. The number of carboxylic acids is 1. The quantitative estimate of drug-likeness (QED) is 0.388. The molecule has 0 saturated heterocycles. The number of hydrogen-bond acceptors (Lipinski definition) is 4. The minimum Gasteiger partial charge on any atom is -0.481 e. The Balaban J connectivity index is 0.000000193. The molecule has 42 heavy (non-hydrogen) atoms. The predicted octanol–water partition coefficient (Wildman–Crippen LogP) is 7.77. The molecule has 1 heterocycles. The zero-order valence-electron chi connectivity index (χ0n) is 26.8. The molecule has 1 amide bonds. The number of ether oxygens (including phenoxy) is 1. The van der Waals surface area contributed by atoms with Crippen molar-refractivity contribution in [2.45, 2.75) is 116 Å². The van der Waals surface area contributed by atoms with Gasteiger partial charge in [-0.2, -0.15) is 0 Å². The fourth-order valence-electron chi connectivity index (χ4n) is 7.82. The van der Waals surface area contributed by atoms with Crippen molar-refractivity contribution in [2.75, 3.05) is 13.1 Å². The van der Waals surface area contributed by atoms with E-state index in [2.05, 4.69) is 45.9 Å². The summed E-state index contributed by atoms with van der Waals surface area (Å²) in [6.45, 7) is 16.2. The molecule has 1 saturated carbocycles. The van der Waals surface area contributed by atoms with Gasteiger partial charge in [-0.25, -0.2) is 4.79 Å². The average Bonchev–Trinajstić information content (AvgIpc) is 2.92. The smallest absolute Gasteiger partial charge is 0.410 e. The first-order valence-electron chi connectivity index (χ1n) is 15.8. The fraction of sp³-hybridized carbons (Fsp3) is 0.611. The summed E-state index contributed by atoms with van der Waals surface area (Å²) in [6.07, 6.45) is 6.67. The summed E-state index contributed by atoms with van der Waals surface area (Å²) in [5, 5.41) is 9.14. The molecule has 0 bridgehead atoms. The third-order valence-electron chi connectivity index (χ3n) is 10.0. The molecule has 1 aliphatic heterocycles. The van der Waals surface area contributed by atoms with Crippen molar-refractivity contribution in [1.82, 2.24) is 4.90 Å². The summed E-state index contributed by atoms with van der Waals surface area (Å²) < 4.78 is 5.40. The van der Waals surface area contributed by atoms with E-state index in [1.165, 1.54) is 42.6 Å². The molecule has 0 aromatic heterocycles. The van der Waals surface area contributed by atoms with Crippen molar-refractivity contribution in [3.05, 3.63) is 70.3 Å². The number of hydrogen-bond donors (Lipinski definition) is 2. The van der Waals surface area contributed by atoms with E-state index < -0.39 is 23.7 Å². The van der Waals surface area contributed by atoms with Crippen LogP contribution in [0.5, 0.6) is 0 Å². The van der Waals surface area contributed by atoms with Gasteiger partial charge in [0.15, 0.2) is 0 Å². The van der Waals surface area contributed by atoms with Crippen LogP contribution in [0.4, 0.5) is 4.79 Å². The number of nitrogens with zero attached hydrogens (tertiary/aromatic N) is 1. The highest BCUT2D eigenvalue weighted by molar-refractivity contribution is 5.73. The van der Waals surface area contributed by atoms with Crippen molar-refractivity contribution in [2.24, 2.45) is 17.1 Å². The predicted molar refractivity (Wildman–Crippen MR) is 169 cm³/mol. The van der Waals surface area contributed by atoms with E-state index in [-0.39, 0.29) is 6.42 Å². The third kappa shape index (κ3) is 6.69. The first kappa shape index (κ1) is 32.1. The summed E-state index contributed by atoms with van der Waals surface area (Å²) in [6, 6.07) is 14.5. The van der Waals surface area contributed by atoms with E-state index in [1.54, 1.807) is 31.9 Å². The summed E-state index contributed by atoms with van der Waals surface area (Å²) in [4.78, 5) is 25.0. The van der Waals surface area contributed by atoms with Gasteiger partial charge in [-0.1, -0.05) is 76.6 Å². The van der Waals surface area contributed by atoms with E-state index in [9.17, 15) is 9.59 Å². The van der Waals surface area contributed by atoms with Crippen LogP contribution in [-0.4, -0.2) is 40.8 Å². The highest BCUT2D eigenvalue weighted by Gasteiger charge is 2.51. The Morgan fingerprint density at radius 3 is 2.43 bits per heavy atom. The maximum Gasteiger partial charge on any atom is 0.410 e. The average molecular weight is 577 g/mol. The lowest BCUT2D eigenvalue weighted by molar-refractivity contribution is -0.138. The van der Waals surface area contributed by atoms with Gasteiger partial charge in [0, 0.05) is 6.54 Å². The third-order valence-corrected chi connectivity index (χ3v) is 10.0. The largest absolute Gasteiger partial charge is 0.481 e. The van der Waals surface area contributed by atoms with Crippen molar-refractivity contribution < 1.29 is 19.4 Å². The summed E-state index contributed by atoms with van der Waals surface area (Å²) in [5.41, 5.74) is 13.0. The van der Waals surface area contributed by atoms with E-state index in [0.717, 1.165) is 23.6 Å². The van der Waals surface area contributed by atoms with Crippen LogP contribution in [0.15, 0.2) is 42.5 Å². The van der Waals surface area contributed by atoms with Crippen molar-refractivity contribution in [3.8, 4) is 0 Å². The summed E-state index contributed by atoms with van der Waals surface area (Å²) in [5.74, 6) is 0.452. The highest BCUT2D eigenvalue weighted by Crippen LogP contribution is 2.57. The van der Waals surface area contributed by atoms with Gasteiger partial charge in [-0.05, 0) is 110 Å². The lowest BCUT2D eigenvalue weighted by Gasteiger charge is -2.55. The first-order valence-corrected chi connectivity index (χ1v) is 15.8. The molecule has 2 aromatic rings.